The zero-order valence-corrected chi connectivity index (χ0v) is 22.1. The highest BCUT2D eigenvalue weighted by Crippen LogP contribution is 2.26. The molecule has 12 nitrogen and oxygen atoms in total. The monoisotopic (exact) mass is 542 g/mol. The molecular weight excluding hydrogens is 516 g/mol. The van der Waals surface area contributed by atoms with E-state index in [9.17, 15) is 19.7 Å². The van der Waals surface area contributed by atoms with E-state index in [1.165, 1.54) is 14.0 Å². The maximum atomic E-state index is 12.6. The molecule has 0 aliphatic carbocycles. The fourth-order valence-corrected chi connectivity index (χ4v) is 3.51. The summed E-state index contributed by atoms with van der Waals surface area (Å²) in [5.41, 5.74) is 4.67. The minimum absolute atomic E-state index is 0.192. The van der Waals surface area contributed by atoms with Gasteiger partial charge in [0.15, 0.2) is 6.10 Å². The molecule has 0 aliphatic rings. The van der Waals surface area contributed by atoms with Crippen LogP contribution in [0.2, 0.25) is 5.02 Å². The van der Waals surface area contributed by atoms with E-state index in [4.69, 9.17) is 21.1 Å². The van der Waals surface area contributed by atoms with Gasteiger partial charge in [0.1, 0.15) is 18.0 Å². The summed E-state index contributed by atoms with van der Waals surface area (Å²) in [4.78, 5) is 35.5. The number of nitrogens with zero attached hydrogens (tertiary/aromatic N) is 4. The van der Waals surface area contributed by atoms with Crippen molar-refractivity contribution in [1.82, 2.24) is 15.2 Å². The summed E-state index contributed by atoms with van der Waals surface area (Å²) >= 11 is 5.96. The molecule has 0 spiro atoms. The molecule has 0 saturated heterocycles. The van der Waals surface area contributed by atoms with Crippen LogP contribution in [0.3, 0.4) is 0 Å². The van der Waals surface area contributed by atoms with E-state index in [0.29, 0.717) is 27.7 Å². The molecule has 200 valence electrons. The van der Waals surface area contributed by atoms with E-state index in [-0.39, 0.29) is 17.5 Å². The summed E-state index contributed by atoms with van der Waals surface area (Å²) in [6, 6.07) is 11.2. The Morgan fingerprint density at radius 1 is 1.16 bits per heavy atom. The van der Waals surface area contributed by atoms with E-state index in [2.05, 4.69) is 20.9 Å². The number of halogens is 1. The van der Waals surface area contributed by atoms with Crippen molar-refractivity contribution in [3.05, 3.63) is 74.9 Å². The van der Waals surface area contributed by atoms with Crippen LogP contribution in [-0.4, -0.2) is 45.4 Å². The maximum Gasteiger partial charge on any atom is 0.350 e. The summed E-state index contributed by atoms with van der Waals surface area (Å²) in [6.45, 7) is 6.71. The van der Waals surface area contributed by atoms with Crippen LogP contribution >= 0.6 is 11.6 Å². The van der Waals surface area contributed by atoms with Crippen molar-refractivity contribution in [3.8, 4) is 11.6 Å². The topological polar surface area (TPSA) is 150 Å². The summed E-state index contributed by atoms with van der Waals surface area (Å²) < 4.78 is 11.8. The Labute approximate surface area is 223 Å². The Hall–Kier alpha value is -4.45. The zero-order valence-electron chi connectivity index (χ0n) is 21.4. The first-order valence-corrected chi connectivity index (χ1v) is 11.8. The highest BCUT2D eigenvalue weighted by atomic mass is 35.5. The zero-order chi connectivity index (χ0) is 28.0. The number of amides is 2. The van der Waals surface area contributed by atoms with E-state index >= 15 is 0 Å². The van der Waals surface area contributed by atoms with Crippen molar-refractivity contribution in [2.45, 2.75) is 39.8 Å². The number of methoxy groups -OCH3 is 1. The van der Waals surface area contributed by atoms with Gasteiger partial charge in [0.2, 0.25) is 0 Å². The molecule has 3 aromatic rings. The van der Waals surface area contributed by atoms with E-state index < -0.39 is 23.0 Å². The maximum absolute atomic E-state index is 12.6. The molecule has 0 bridgehead atoms. The number of benzene rings is 2. The quantitative estimate of drug-likeness (QED) is 0.220. The number of nitrogens with one attached hydrogen (secondary N) is 2. The standard InChI is InChI=1S/C25H27ClN6O6/c1-14-12-19(26)8-11-22(14)38-17(4)24(34)27-20-9-6-18(7-10-20)15(2)28-29-23(33)16(3)31-13-21(32(35)36)25(30-31)37-5/h6-13,16-17H,1-5H3,(H,27,34)(H,29,33)/t16-,17-/m0/s1. The van der Waals surface area contributed by atoms with Crippen molar-refractivity contribution < 1.29 is 24.0 Å². The van der Waals surface area contributed by atoms with Gasteiger partial charge < -0.3 is 14.8 Å². The Balaban J connectivity index is 1.58. The molecule has 3 rings (SSSR count). The third-order valence-electron chi connectivity index (χ3n) is 5.56. The first kappa shape index (κ1) is 28.1. The van der Waals surface area contributed by atoms with Gasteiger partial charge >= 0.3 is 11.6 Å². The van der Waals surface area contributed by atoms with Gasteiger partial charge in [-0.2, -0.15) is 5.10 Å². The molecule has 0 saturated carbocycles. The van der Waals surface area contributed by atoms with Crippen molar-refractivity contribution in [1.29, 1.82) is 0 Å². The summed E-state index contributed by atoms with van der Waals surface area (Å²) in [7, 11) is 1.26. The molecule has 2 amide bonds. The number of carbonyl (C=O) groups is 2. The highest BCUT2D eigenvalue weighted by molar-refractivity contribution is 6.30. The van der Waals surface area contributed by atoms with Gasteiger partial charge in [0.05, 0.1) is 17.7 Å². The average Bonchev–Trinajstić information content (AvgIpc) is 3.33. The van der Waals surface area contributed by atoms with E-state index in [0.717, 1.165) is 16.4 Å². The molecule has 1 aromatic heterocycles. The van der Waals surface area contributed by atoms with Gasteiger partial charge in [-0.05, 0) is 69.2 Å². The molecule has 2 atom stereocenters. The number of hydrazone groups is 1. The van der Waals surface area contributed by atoms with Crippen LogP contribution in [-0.2, 0) is 9.59 Å². The second kappa shape index (κ2) is 12.2. The number of ether oxygens (including phenoxy) is 2. The first-order valence-electron chi connectivity index (χ1n) is 11.5. The Bertz CT molecular complexity index is 1370. The van der Waals surface area contributed by atoms with Crippen LogP contribution in [0.4, 0.5) is 11.4 Å². The lowest BCUT2D eigenvalue weighted by atomic mass is 10.1. The fraction of sp³-hybridized carbons (Fsp3) is 0.280. The van der Waals surface area contributed by atoms with Crippen LogP contribution < -0.4 is 20.2 Å². The minimum atomic E-state index is -0.882. The number of aryl methyl sites for hydroxylation is 1. The fourth-order valence-electron chi connectivity index (χ4n) is 3.28. The molecule has 38 heavy (non-hydrogen) atoms. The van der Waals surface area contributed by atoms with Crippen LogP contribution in [0.15, 0.2) is 53.8 Å². The Kier molecular flexibility index (Phi) is 9.02. The van der Waals surface area contributed by atoms with Crippen molar-refractivity contribution in [2.75, 3.05) is 12.4 Å². The van der Waals surface area contributed by atoms with Crippen LogP contribution in [0.1, 0.15) is 37.9 Å². The van der Waals surface area contributed by atoms with E-state index in [1.807, 2.05) is 6.92 Å². The lowest BCUT2D eigenvalue weighted by Gasteiger charge is -2.16. The SMILES string of the molecule is COc1nn([C@@H](C)C(=O)NN=C(C)c2ccc(NC(=O)[C@H](C)Oc3ccc(Cl)cc3C)cc2)cc1[N+](=O)[O-]. The van der Waals surface area contributed by atoms with E-state index in [1.54, 1.807) is 56.3 Å². The summed E-state index contributed by atoms with van der Waals surface area (Å²) in [6.07, 6.45) is 0.376. The number of rotatable bonds is 10. The largest absolute Gasteiger partial charge is 0.481 e. The molecule has 0 unspecified atom stereocenters. The first-order chi connectivity index (χ1) is 18.0. The van der Waals surface area contributed by atoms with Gasteiger partial charge in [-0.25, -0.2) is 10.1 Å². The van der Waals surface area contributed by atoms with Gasteiger partial charge in [-0.3, -0.25) is 19.7 Å². The molecule has 0 radical (unpaired) electrons. The Morgan fingerprint density at radius 2 is 1.84 bits per heavy atom. The van der Waals surface area contributed by atoms with Crippen molar-refractivity contribution in [2.24, 2.45) is 5.10 Å². The van der Waals surface area contributed by atoms with Gasteiger partial charge in [-0.15, -0.1) is 5.10 Å². The molecule has 1 heterocycles. The van der Waals surface area contributed by atoms with Crippen molar-refractivity contribution in [3.63, 3.8) is 0 Å². The predicted octanol–water partition coefficient (Wildman–Crippen LogP) is 4.27. The van der Waals surface area contributed by atoms with Gasteiger partial charge in [0, 0.05) is 10.7 Å². The summed E-state index contributed by atoms with van der Waals surface area (Å²) in [5, 5.41) is 22.5. The third kappa shape index (κ3) is 6.85. The molecule has 2 N–H and O–H groups in total. The molecule has 13 heteroatoms. The number of carbonyl (C=O) groups excluding carboxylic acids is 2. The van der Waals surface area contributed by atoms with Gasteiger partial charge in [-0.1, -0.05) is 23.7 Å². The summed E-state index contributed by atoms with van der Waals surface area (Å²) in [5.74, 6) is -0.476. The molecule has 2 aromatic carbocycles. The number of aromatic nitrogens is 2. The normalized spacial score (nSPS) is 12.8. The van der Waals surface area contributed by atoms with Crippen LogP contribution in [0.5, 0.6) is 11.6 Å². The smallest absolute Gasteiger partial charge is 0.350 e. The third-order valence-corrected chi connectivity index (χ3v) is 5.80. The number of anilines is 1. The second-order valence-corrected chi connectivity index (χ2v) is 8.78. The van der Waals surface area contributed by atoms with Crippen molar-refractivity contribution >= 4 is 40.5 Å². The lowest BCUT2D eigenvalue weighted by Crippen LogP contribution is -2.30. The Morgan fingerprint density at radius 3 is 2.42 bits per heavy atom. The lowest BCUT2D eigenvalue weighted by molar-refractivity contribution is -0.385. The predicted molar refractivity (Wildman–Crippen MR) is 142 cm³/mol. The highest BCUT2D eigenvalue weighted by Gasteiger charge is 2.25. The minimum Gasteiger partial charge on any atom is -0.481 e. The van der Waals surface area contributed by atoms with Gasteiger partial charge in [0.25, 0.3) is 11.8 Å². The molecule has 0 aliphatic heterocycles. The second-order valence-electron chi connectivity index (χ2n) is 8.35. The number of hydrogen-bond acceptors (Lipinski definition) is 8. The van der Waals surface area contributed by atoms with Crippen LogP contribution in [0.25, 0.3) is 0 Å². The number of hydrogen-bond donors (Lipinski definition) is 2. The number of nitro groups is 1. The van der Waals surface area contributed by atoms with Crippen LogP contribution in [0, 0.1) is 17.0 Å². The molecule has 0 fully saturated rings. The molecular formula is C25H27ClN6O6. The average molecular weight is 543 g/mol.